The Labute approximate surface area is 115 Å². The van der Waals surface area contributed by atoms with Gasteiger partial charge in [0.2, 0.25) is 0 Å². The third-order valence-electron chi connectivity index (χ3n) is 2.98. The Balaban J connectivity index is 2.16. The van der Waals surface area contributed by atoms with Crippen LogP contribution in [-0.4, -0.2) is 16.5 Å². The quantitative estimate of drug-likeness (QED) is 0.850. The number of rotatable bonds is 6. The van der Waals surface area contributed by atoms with E-state index < -0.39 is 0 Å². The predicted molar refractivity (Wildman–Crippen MR) is 80.2 cm³/mol. The molecule has 3 heteroatoms. The van der Waals surface area contributed by atoms with Gasteiger partial charge in [0.25, 0.3) is 0 Å². The van der Waals surface area contributed by atoms with Crippen LogP contribution in [0, 0.1) is 0 Å². The van der Waals surface area contributed by atoms with E-state index in [-0.39, 0.29) is 0 Å². The smallest absolute Gasteiger partial charge is 0.145 e. The molecule has 2 rings (SSSR count). The number of hydrogen-bond donors (Lipinski definition) is 1. The normalized spacial score (nSPS) is 10.4. The zero-order valence-corrected chi connectivity index (χ0v) is 11.7. The lowest BCUT2D eigenvalue weighted by Gasteiger charge is -2.06. The van der Waals surface area contributed by atoms with Crippen LogP contribution in [0.3, 0.4) is 0 Å². The van der Waals surface area contributed by atoms with Gasteiger partial charge in [-0.15, -0.1) is 0 Å². The molecule has 1 aromatic heterocycles. The summed E-state index contributed by atoms with van der Waals surface area (Å²) in [5.74, 6) is 0.844. The van der Waals surface area contributed by atoms with Crippen molar-refractivity contribution in [3.63, 3.8) is 0 Å². The van der Waals surface area contributed by atoms with Crippen molar-refractivity contribution >= 4 is 5.82 Å². The van der Waals surface area contributed by atoms with E-state index in [1.165, 1.54) is 12.0 Å². The van der Waals surface area contributed by atoms with Gasteiger partial charge < -0.3 is 5.32 Å². The fourth-order valence-electron chi connectivity index (χ4n) is 1.97. The maximum atomic E-state index is 4.58. The average Bonchev–Trinajstić information content (AvgIpc) is 2.46. The molecule has 100 valence electrons. The van der Waals surface area contributed by atoms with Crippen LogP contribution in [-0.2, 0) is 6.42 Å². The van der Waals surface area contributed by atoms with E-state index >= 15 is 0 Å². The average molecular weight is 255 g/mol. The van der Waals surface area contributed by atoms with E-state index in [1.807, 2.05) is 6.20 Å². The summed E-state index contributed by atoms with van der Waals surface area (Å²) in [5.41, 5.74) is 3.41. The zero-order chi connectivity index (χ0) is 13.5. The van der Waals surface area contributed by atoms with Gasteiger partial charge in [0, 0.05) is 12.1 Å². The van der Waals surface area contributed by atoms with Crippen molar-refractivity contribution in [2.24, 2.45) is 0 Å². The summed E-state index contributed by atoms with van der Waals surface area (Å²) in [6, 6.07) is 8.59. The van der Waals surface area contributed by atoms with Gasteiger partial charge in [0.1, 0.15) is 5.82 Å². The summed E-state index contributed by atoms with van der Waals surface area (Å²) < 4.78 is 0. The minimum Gasteiger partial charge on any atom is -0.369 e. The van der Waals surface area contributed by atoms with Gasteiger partial charge in [0.05, 0.1) is 18.1 Å². The number of aryl methyl sites for hydroxylation is 1. The molecule has 1 aromatic carbocycles. The molecule has 0 atom stereocenters. The molecule has 0 aliphatic heterocycles. The van der Waals surface area contributed by atoms with Crippen LogP contribution in [0.2, 0.25) is 0 Å². The molecule has 0 spiro atoms. The summed E-state index contributed by atoms with van der Waals surface area (Å²) in [4.78, 5) is 8.83. The fraction of sp³-hybridized carbons (Fsp3) is 0.375. The van der Waals surface area contributed by atoms with Crippen LogP contribution >= 0.6 is 0 Å². The summed E-state index contributed by atoms with van der Waals surface area (Å²) in [5, 5.41) is 3.26. The molecule has 2 aromatic rings. The maximum Gasteiger partial charge on any atom is 0.145 e. The molecule has 0 amide bonds. The Morgan fingerprint density at radius 1 is 1.00 bits per heavy atom. The largest absolute Gasteiger partial charge is 0.369 e. The third-order valence-corrected chi connectivity index (χ3v) is 2.98. The molecule has 0 unspecified atom stereocenters. The lowest BCUT2D eigenvalue weighted by atomic mass is 10.1. The maximum absolute atomic E-state index is 4.58. The topological polar surface area (TPSA) is 37.8 Å². The van der Waals surface area contributed by atoms with Crippen LogP contribution in [0.4, 0.5) is 5.82 Å². The first-order valence-corrected chi connectivity index (χ1v) is 6.98. The van der Waals surface area contributed by atoms with Gasteiger partial charge in [-0.25, -0.2) is 4.98 Å². The van der Waals surface area contributed by atoms with Gasteiger partial charge in [-0.1, -0.05) is 44.5 Å². The first-order valence-electron chi connectivity index (χ1n) is 6.98. The highest BCUT2D eigenvalue weighted by atomic mass is 15.0. The Hall–Kier alpha value is -1.90. The number of hydrogen-bond acceptors (Lipinski definition) is 3. The van der Waals surface area contributed by atoms with Crippen LogP contribution in [0.25, 0.3) is 11.3 Å². The van der Waals surface area contributed by atoms with E-state index in [9.17, 15) is 0 Å². The Morgan fingerprint density at radius 3 is 2.47 bits per heavy atom. The fourth-order valence-corrected chi connectivity index (χ4v) is 1.97. The standard InChI is InChI=1S/C16H21N3/c1-3-5-13-6-8-14(9-7-13)15-11-17-12-16(19-15)18-10-4-2/h6-9,11-12H,3-5,10H2,1-2H3,(H,18,19). The van der Waals surface area contributed by atoms with E-state index in [2.05, 4.69) is 53.4 Å². The summed E-state index contributed by atoms with van der Waals surface area (Å²) in [7, 11) is 0. The molecule has 19 heavy (non-hydrogen) atoms. The molecule has 0 aliphatic carbocycles. The van der Waals surface area contributed by atoms with E-state index in [0.29, 0.717) is 0 Å². The van der Waals surface area contributed by atoms with Crippen LogP contribution < -0.4 is 5.32 Å². The highest BCUT2D eigenvalue weighted by Gasteiger charge is 2.02. The molecule has 0 saturated heterocycles. The lowest BCUT2D eigenvalue weighted by molar-refractivity contribution is 0.922. The van der Waals surface area contributed by atoms with Gasteiger partial charge in [-0.2, -0.15) is 0 Å². The molecule has 0 radical (unpaired) electrons. The molecule has 0 saturated carbocycles. The van der Waals surface area contributed by atoms with Crippen LogP contribution in [0.5, 0.6) is 0 Å². The van der Waals surface area contributed by atoms with E-state index in [0.717, 1.165) is 36.5 Å². The summed E-state index contributed by atoms with van der Waals surface area (Å²) in [6.45, 7) is 5.26. The van der Waals surface area contributed by atoms with Crippen molar-refractivity contribution < 1.29 is 0 Å². The van der Waals surface area contributed by atoms with Crippen molar-refractivity contribution in [2.45, 2.75) is 33.1 Å². The Morgan fingerprint density at radius 2 is 1.79 bits per heavy atom. The van der Waals surface area contributed by atoms with Gasteiger partial charge >= 0.3 is 0 Å². The first kappa shape index (κ1) is 13.5. The zero-order valence-electron chi connectivity index (χ0n) is 11.7. The second-order valence-corrected chi connectivity index (χ2v) is 4.66. The Kier molecular flexibility index (Phi) is 4.90. The predicted octanol–water partition coefficient (Wildman–Crippen LogP) is 3.92. The molecule has 0 aliphatic rings. The van der Waals surface area contributed by atoms with Gasteiger partial charge in [-0.3, -0.25) is 4.98 Å². The van der Waals surface area contributed by atoms with Crippen molar-refractivity contribution in [3.8, 4) is 11.3 Å². The Bertz CT molecular complexity index is 506. The molecule has 1 heterocycles. The number of anilines is 1. The third kappa shape index (κ3) is 3.78. The number of aromatic nitrogens is 2. The highest BCUT2D eigenvalue weighted by Crippen LogP contribution is 2.18. The minimum absolute atomic E-state index is 0.844. The van der Waals surface area contributed by atoms with Crippen LogP contribution in [0.15, 0.2) is 36.7 Å². The van der Waals surface area contributed by atoms with E-state index in [1.54, 1.807) is 6.20 Å². The molecule has 0 bridgehead atoms. The highest BCUT2D eigenvalue weighted by molar-refractivity contribution is 5.60. The minimum atomic E-state index is 0.844. The summed E-state index contributed by atoms with van der Waals surface area (Å²) >= 11 is 0. The first-order chi connectivity index (χ1) is 9.33. The lowest BCUT2D eigenvalue weighted by Crippen LogP contribution is -2.02. The monoisotopic (exact) mass is 255 g/mol. The number of nitrogens with one attached hydrogen (secondary N) is 1. The molecule has 0 fully saturated rings. The van der Waals surface area contributed by atoms with Gasteiger partial charge in [0.15, 0.2) is 0 Å². The second-order valence-electron chi connectivity index (χ2n) is 4.66. The molecular weight excluding hydrogens is 234 g/mol. The van der Waals surface area contributed by atoms with E-state index in [4.69, 9.17) is 0 Å². The molecule has 3 nitrogen and oxygen atoms in total. The van der Waals surface area contributed by atoms with Crippen molar-refractivity contribution in [1.82, 2.24) is 9.97 Å². The van der Waals surface area contributed by atoms with Crippen molar-refractivity contribution in [2.75, 3.05) is 11.9 Å². The number of nitrogens with zero attached hydrogens (tertiary/aromatic N) is 2. The van der Waals surface area contributed by atoms with Crippen molar-refractivity contribution in [3.05, 3.63) is 42.2 Å². The van der Waals surface area contributed by atoms with Gasteiger partial charge in [-0.05, 0) is 18.4 Å². The molecule has 1 N–H and O–H groups in total. The second kappa shape index (κ2) is 6.88. The van der Waals surface area contributed by atoms with Crippen molar-refractivity contribution in [1.29, 1.82) is 0 Å². The SMILES string of the molecule is CCCNc1cncc(-c2ccc(CCC)cc2)n1. The summed E-state index contributed by atoms with van der Waals surface area (Å²) in [6.07, 6.45) is 6.97. The molecular formula is C16H21N3. The van der Waals surface area contributed by atoms with Crippen LogP contribution in [0.1, 0.15) is 32.3 Å². The number of benzene rings is 1.